The Hall–Kier alpha value is -5.05. The lowest BCUT2D eigenvalue weighted by Gasteiger charge is -2.10. The molecule has 1 N–H and O–H groups in total. The van der Waals surface area contributed by atoms with Gasteiger partial charge in [-0.05, 0) is 73.2 Å². The van der Waals surface area contributed by atoms with E-state index in [1.54, 1.807) is 43.3 Å². The van der Waals surface area contributed by atoms with Crippen molar-refractivity contribution in [3.05, 3.63) is 124 Å². The molecule has 0 aliphatic rings. The van der Waals surface area contributed by atoms with Crippen molar-refractivity contribution in [1.29, 1.82) is 0 Å². The van der Waals surface area contributed by atoms with Gasteiger partial charge in [0.15, 0.2) is 0 Å². The van der Waals surface area contributed by atoms with Gasteiger partial charge in [-0.2, -0.15) is 5.10 Å². The van der Waals surface area contributed by atoms with E-state index in [4.69, 9.17) is 4.74 Å². The molecule has 1 aromatic heterocycles. The number of non-ortho nitro benzene ring substituents is 1. The average molecular weight is 468 g/mol. The minimum Gasteiger partial charge on any atom is -0.423 e. The van der Waals surface area contributed by atoms with Crippen molar-refractivity contribution in [2.45, 2.75) is 6.92 Å². The fourth-order valence-corrected chi connectivity index (χ4v) is 3.29. The number of rotatable bonds is 7. The smallest absolute Gasteiger partial charge is 0.343 e. The minimum absolute atomic E-state index is 0.110. The summed E-state index contributed by atoms with van der Waals surface area (Å²) in [6, 6.07) is 22.7. The summed E-state index contributed by atoms with van der Waals surface area (Å²) in [5, 5.41) is 14.9. The van der Waals surface area contributed by atoms with E-state index in [1.165, 1.54) is 24.3 Å². The number of nitrogens with zero attached hydrogens (tertiary/aromatic N) is 3. The van der Waals surface area contributed by atoms with E-state index in [1.807, 2.05) is 41.2 Å². The molecule has 4 rings (SSSR count). The van der Waals surface area contributed by atoms with E-state index in [0.717, 1.165) is 11.3 Å². The number of carbonyl (C=O) groups is 2. The molecule has 1 heterocycles. The number of carbonyl (C=O) groups excluding carboxylic acids is 2. The number of nitro groups is 1. The number of hydrogen-bond donors (Lipinski definition) is 1. The molecule has 3 aromatic carbocycles. The molecule has 174 valence electrons. The Labute approximate surface area is 200 Å². The van der Waals surface area contributed by atoms with Gasteiger partial charge in [-0.15, -0.1) is 0 Å². The van der Waals surface area contributed by atoms with E-state index in [-0.39, 0.29) is 17.2 Å². The third-order valence-electron chi connectivity index (χ3n) is 5.15. The molecule has 0 aliphatic carbocycles. The molecular formula is C26H20N4O5. The molecule has 1 amide bonds. The largest absolute Gasteiger partial charge is 0.423 e. The molecule has 0 unspecified atom stereocenters. The Bertz CT molecular complexity index is 1390. The Morgan fingerprint density at radius 3 is 2.17 bits per heavy atom. The summed E-state index contributed by atoms with van der Waals surface area (Å²) in [5.74, 6) is -0.677. The summed E-state index contributed by atoms with van der Waals surface area (Å²) in [7, 11) is 0. The predicted molar refractivity (Wildman–Crippen MR) is 130 cm³/mol. The lowest BCUT2D eigenvalue weighted by Crippen LogP contribution is -2.21. The Morgan fingerprint density at radius 1 is 0.886 bits per heavy atom. The summed E-state index contributed by atoms with van der Waals surface area (Å²) in [4.78, 5) is 35.2. The fourth-order valence-electron chi connectivity index (χ4n) is 3.29. The lowest BCUT2D eigenvalue weighted by atomic mass is 10.1. The Kier molecular flexibility index (Phi) is 6.78. The van der Waals surface area contributed by atoms with Crippen molar-refractivity contribution in [3.63, 3.8) is 0 Å². The molecule has 9 heteroatoms. The maximum Gasteiger partial charge on any atom is 0.343 e. The van der Waals surface area contributed by atoms with Crippen LogP contribution in [0.1, 0.15) is 33.2 Å². The Morgan fingerprint density at radius 2 is 1.51 bits per heavy atom. The highest BCUT2D eigenvalue weighted by Crippen LogP contribution is 2.18. The van der Waals surface area contributed by atoms with Gasteiger partial charge >= 0.3 is 5.97 Å². The molecule has 0 saturated heterocycles. The molecular weight excluding hydrogens is 448 g/mol. The molecule has 35 heavy (non-hydrogen) atoms. The van der Waals surface area contributed by atoms with Crippen molar-refractivity contribution < 1.29 is 19.2 Å². The monoisotopic (exact) mass is 468 g/mol. The first kappa shape index (κ1) is 23.1. The highest BCUT2D eigenvalue weighted by Gasteiger charge is 2.13. The molecule has 0 aliphatic heterocycles. The maximum absolute atomic E-state index is 12.7. The average Bonchev–Trinajstić information content (AvgIpc) is 3.42. The highest BCUT2D eigenvalue weighted by molar-refractivity contribution is 6.02. The van der Waals surface area contributed by atoms with E-state index < -0.39 is 10.9 Å². The number of esters is 1. The van der Waals surface area contributed by atoms with Crippen LogP contribution >= 0.6 is 0 Å². The molecule has 0 radical (unpaired) electrons. The topological polar surface area (TPSA) is 116 Å². The second-order valence-electron chi connectivity index (χ2n) is 7.46. The summed E-state index contributed by atoms with van der Waals surface area (Å²) in [6.07, 6.45) is 3.72. The SMILES string of the molecule is CC(=NNC(=O)c1ccccc1-n1cccc1)c1ccc(OC(=O)c2ccc([N+](=O)[O-])cc2)cc1. The van der Waals surface area contributed by atoms with Crippen molar-refractivity contribution in [2.24, 2.45) is 5.10 Å². The quantitative estimate of drug-likeness (QED) is 0.138. The van der Waals surface area contributed by atoms with Gasteiger partial charge in [-0.25, -0.2) is 10.2 Å². The molecule has 0 bridgehead atoms. The number of aromatic nitrogens is 1. The van der Waals surface area contributed by atoms with Crippen LogP contribution in [-0.2, 0) is 0 Å². The van der Waals surface area contributed by atoms with Gasteiger partial charge in [-0.3, -0.25) is 14.9 Å². The predicted octanol–water partition coefficient (Wildman–Crippen LogP) is 4.76. The van der Waals surface area contributed by atoms with Gasteiger partial charge in [0, 0.05) is 24.5 Å². The zero-order valence-corrected chi connectivity index (χ0v) is 18.6. The third-order valence-corrected chi connectivity index (χ3v) is 5.15. The van der Waals surface area contributed by atoms with Crippen molar-refractivity contribution in [1.82, 2.24) is 9.99 Å². The maximum atomic E-state index is 12.7. The van der Waals surface area contributed by atoms with Crippen molar-refractivity contribution in [2.75, 3.05) is 0 Å². The molecule has 0 atom stereocenters. The number of benzene rings is 3. The van der Waals surface area contributed by atoms with Gasteiger partial charge in [-0.1, -0.05) is 12.1 Å². The van der Waals surface area contributed by atoms with E-state index in [9.17, 15) is 19.7 Å². The van der Waals surface area contributed by atoms with Crippen LogP contribution in [0.4, 0.5) is 5.69 Å². The number of nitro benzene ring substituents is 1. The molecule has 0 saturated carbocycles. The lowest BCUT2D eigenvalue weighted by molar-refractivity contribution is -0.384. The first-order chi connectivity index (χ1) is 16.9. The van der Waals surface area contributed by atoms with E-state index >= 15 is 0 Å². The normalized spacial score (nSPS) is 11.1. The van der Waals surface area contributed by atoms with Crippen LogP contribution in [0.5, 0.6) is 5.75 Å². The van der Waals surface area contributed by atoms with Gasteiger partial charge < -0.3 is 9.30 Å². The zero-order chi connectivity index (χ0) is 24.8. The number of hydrogen-bond acceptors (Lipinski definition) is 6. The first-order valence-electron chi connectivity index (χ1n) is 10.6. The molecule has 0 spiro atoms. The number of para-hydroxylation sites is 1. The van der Waals surface area contributed by atoms with E-state index in [0.29, 0.717) is 17.0 Å². The standard InChI is InChI=1S/C26H20N4O5/c1-18(27-28-25(31)23-6-2-3-7-24(23)29-16-4-5-17-29)19-10-14-22(15-11-19)35-26(32)20-8-12-21(13-9-20)30(33)34/h2-17H,1H3,(H,28,31). The van der Waals surface area contributed by atoms with Crippen LogP contribution in [-0.4, -0.2) is 27.1 Å². The second kappa shape index (κ2) is 10.3. The minimum atomic E-state index is -0.633. The van der Waals surface area contributed by atoms with Crippen LogP contribution in [0.2, 0.25) is 0 Å². The second-order valence-corrected chi connectivity index (χ2v) is 7.46. The van der Waals surface area contributed by atoms with Gasteiger partial charge in [0.2, 0.25) is 0 Å². The number of amides is 1. The van der Waals surface area contributed by atoms with Crippen LogP contribution in [0, 0.1) is 10.1 Å². The summed E-state index contributed by atoms with van der Waals surface area (Å²) >= 11 is 0. The van der Waals surface area contributed by atoms with Crippen molar-refractivity contribution >= 4 is 23.3 Å². The third kappa shape index (κ3) is 5.48. The number of hydrazone groups is 1. The number of ether oxygens (including phenoxy) is 1. The fraction of sp³-hybridized carbons (Fsp3) is 0.0385. The van der Waals surface area contributed by atoms with E-state index in [2.05, 4.69) is 10.5 Å². The molecule has 9 nitrogen and oxygen atoms in total. The Balaban J connectivity index is 1.40. The van der Waals surface area contributed by atoms with Crippen LogP contribution in [0.3, 0.4) is 0 Å². The van der Waals surface area contributed by atoms with Gasteiger partial charge in [0.25, 0.3) is 11.6 Å². The van der Waals surface area contributed by atoms with Crippen molar-refractivity contribution in [3.8, 4) is 11.4 Å². The van der Waals surface area contributed by atoms with Gasteiger partial charge in [0.1, 0.15) is 5.75 Å². The van der Waals surface area contributed by atoms with Crippen LogP contribution < -0.4 is 10.2 Å². The van der Waals surface area contributed by atoms with Crippen LogP contribution in [0.15, 0.2) is 102 Å². The summed E-state index contributed by atoms with van der Waals surface area (Å²) in [6.45, 7) is 1.75. The zero-order valence-electron chi connectivity index (χ0n) is 18.6. The van der Waals surface area contributed by atoms with Crippen LogP contribution in [0.25, 0.3) is 5.69 Å². The molecule has 0 fully saturated rings. The molecule has 4 aromatic rings. The van der Waals surface area contributed by atoms with Gasteiger partial charge in [0.05, 0.1) is 27.4 Å². The highest BCUT2D eigenvalue weighted by atomic mass is 16.6. The summed E-state index contributed by atoms with van der Waals surface area (Å²) < 4.78 is 7.17. The number of nitrogens with one attached hydrogen (secondary N) is 1. The summed E-state index contributed by atoms with van der Waals surface area (Å²) in [5.41, 5.74) is 5.17. The first-order valence-corrected chi connectivity index (χ1v) is 10.6.